The molecule has 0 spiro atoms. The molecule has 0 unspecified atom stereocenters. The van der Waals surface area contributed by atoms with Crippen LogP contribution in [0.5, 0.6) is 0 Å². The first-order chi connectivity index (χ1) is 41.7. The molecule has 0 N–H and O–H groups in total. The lowest BCUT2D eigenvalue weighted by atomic mass is 9.92. The van der Waals surface area contributed by atoms with Gasteiger partial charge in [-0.05, 0) is 160 Å². The Hall–Kier alpha value is -9.10. The molecule has 0 amide bonds. The van der Waals surface area contributed by atoms with Gasteiger partial charge < -0.3 is 0 Å². The third-order valence-corrected chi connectivity index (χ3v) is 16.4. The minimum atomic E-state index is 0.560. The minimum absolute atomic E-state index is 0.560. The van der Waals surface area contributed by atoms with Crippen LogP contribution in [0.1, 0.15) is 122 Å². The summed E-state index contributed by atoms with van der Waals surface area (Å²) in [5.41, 5.74) is 5.70. The Balaban J connectivity index is 0.000000117. The SMILES string of the molecule is CC(C)C.CC(C)c1ccc2c(ccc3ccccc32)c1.CC(C)c1ccc2ccc3ccccc3c2c1.CC(C)c1cccc2c1ccc1ccccc12.CC(C)c1cccc2ccc3ccccc3c12.c1ccc2c(c1)ccc1ccccc12. The smallest absolute Gasteiger partial charge is 0.00707 e. The predicted octanol–water partition coefficient (Wildman–Crippen LogP) is 26.1. The second-order valence-corrected chi connectivity index (χ2v) is 24.9. The molecule has 428 valence electrons. The molecular weight excluding hydrogens is 1030 g/mol. The summed E-state index contributed by atoms with van der Waals surface area (Å²) in [6, 6.07) is 100. The van der Waals surface area contributed by atoms with Crippen LogP contribution in [0.15, 0.2) is 279 Å². The minimum Gasteiger partial charge on any atom is -0.0630 e. The van der Waals surface area contributed by atoms with E-state index in [9.17, 15) is 0 Å². The predicted molar refractivity (Wildman–Crippen MR) is 384 cm³/mol. The van der Waals surface area contributed by atoms with Crippen molar-refractivity contribution in [2.45, 2.75) is 99.8 Å². The van der Waals surface area contributed by atoms with Gasteiger partial charge in [0.2, 0.25) is 0 Å². The van der Waals surface area contributed by atoms with E-state index in [1.165, 1.54) is 130 Å². The highest BCUT2D eigenvalue weighted by atomic mass is 14.1. The maximum Gasteiger partial charge on any atom is -0.00707 e. The average Bonchev–Trinajstić information content (AvgIpc) is 2.04. The molecule has 86 heavy (non-hydrogen) atoms. The van der Waals surface area contributed by atoms with Crippen LogP contribution >= 0.6 is 0 Å². The lowest BCUT2D eigenvalue weighted by Crippen LogP contribution is -1.90. The van der Waals surface area contributed by atoms with Gasteiger partial charge in [0.15, 0.2) is 0 Å². The zero-order valence-electron chi connectivity index (χ0n) is 52.4. The van der Waals surface area contributed by atoms with E-state index in [-0.39, 0.29) is 0 Å². The highest BCUT2D eigenvalue weighted by molar-refractivity contribution is 6.12. The van der Waals surface area contributed by atoms with E-state index in [4.69, 9.17) is 0 Å². The normalized spacial score (nSPS) is 11.3. The van der Waals surface area contributed by atoms with E-state index >= 15 is 0 Å². The molecule has 0 atom stereocenters. The second-order valence-electron chi connectivity index (χ2n) is 24.9. The van der Waals surface area contributed by atoms with Gasteiger partial charge in [0.05, 0.1) is 0 Å². The molecule has 0 aliphatic carbocycles. The van der Waals surface area contributed by atoms with Gasteiger partial charge in [-0.25, -0.2) is 0 Å². The van der Waals surface area contributed by atoms with E-state index in [1.807, 2.05) is 0 Å². The average molecular weight is 1120 g/mol. The Labute approximate surface area is 511 Å². The maximum absolute atomic E-state index is 2.34. The van der Waals surface area contributed by atoms with Crippen molar-refractivity contribution in [3.63, 3.8) is 0 Å². The van der Waals surface area contributed by atoms with Crippen LogP contribution in [0.25, 0.3) is 108 Å². The van der Waals surface area contributed by atoms with Gasteiger partial charge in [0.25, 0.3) is 0 Å². The van der Waals surface area contributed by atoms with Crippen molar-refractivity contribution in [1.82, 2.24) is 0 Å². The molecule has 0 aliphatic heterocycles. The molecule has 0 saturated carbocycles. The Morgan fingerprint density at radius 3 is 0.919 bits per heavy atom. The topological polar surface area (TPSA) is 0 Å². The largest absolute Gasteiger partial charge is 0.0630 e. The van der Waals surface area contributed by atoms with E-state index in [2.05, 4.69) is 355 Å². The summed E-state index contributed by atoms with van der Waals surface area (Å²) in [5.74, 6) is 3.13. The van der Waals surface area contributed by atoms with E-state index in [1.54, 1.807) is 0 Å². The molecule has 15 aromatic carbocycles. The van der Waals surface area contributed by atoms with Gasteiger partial charge in [0, 0.05) is 0 Å². The lowest BCUT2D eigenvalue weighted by Gasteiger charge is -2.12. The van der Waals surface area contributed by atoms with E-state index in [0.717, 1.165) is 5.92 Å². The van der Waals surface area contributed by atoms with Crippen LogP contribution in [0.3, 0.4) is 0 Å². The van der Waals surface area contributed by atoms with Crippen molar-refractivity contribution in [3.05, 3.63) is 301 Å². The summed E-state index contributed by atoms with van der Waals surface area (Å²) in [6.07, 6.45) is 0. The van der Waals surface area contributed by atoms with Gasteiger partial charge >= 0.3 is 0 Å². The maximum atomic E-state index is 2.34. The Kier molecular flexibility index (Phi) is 19.4. The van der Waals surface area contributed by atoms with Gasteiger partial charge in [-0.2, -0.15) is 0 Å². The molecule has 0 aromatic heterocycles. The molecule has 0 saturated heterocycles. The van der Waals surface area contributed by atoms with Crippen LogP contribution in [-0.4, -0.2) is 0 Å². The fourth-order valence-electron chi connectivity index (χ4n) is 11.9. The standard InChI is InChI=1S/4C17H16.C14H10.C4H10/c1-12(2)15-9-5-7-14-11-10-13-6-3-4-8-16(13)17(14)15;1-12(2)14-8-5-9-16-15-7-4-3-6-13(15)10-11-17(14)16;1-12(2)14-9-10-17-15(11-14)8-7-13-5-3-4-6-16(13)17;1-12(2)15-10-9-14-8-7-13-5-3-4-6-16(13)17(14)11-15;1-3-7-13-11(5-1)9-10-12-6-2-4-8-14(12)13;1-4(2)3/h4*3-12H,1-2H3;1-10H;4H,1-3H3. The third kappa shape index (κ3) is 13.8. The molecule has 0 heteroatoms. The Morgan fingerprint density at radius 2 is 0.453 bits per heavy atom. The molecule has 0 nitrogen and oxygen atoms in total. The number of hydrogen-bond donors (Lipinski definition) is 0. The summed E-state index contributed by atoms with van der Waals surface area (Å²) in [5, 5.41) is 26.9. The number of benzene rings is 15. The van der Waals surface area contributed by atoms with Crippen molar-refractivity contribution in [2.24, 2.45) is 5.92 Å². The number of fused-ring (bicyclic) bond motifs is 15. The van der Waals surface area contributed by atoms with Crippen LogP contribution < -0.4 is 0 Å². The fourth-order valence-corrected chi connectivity index (χ4v) is 11.9. The molecule has 0 radical (unpaired) electrons. The summed E-state index contributed by atoms with van der Waals surface area (Å²) in [7, 11) is 0. The lowest BCUT2D eigenvalue weighted by molar-refractivity contribution is 0.737. The zero-order chi connectivity index (χ0) is 60.3. The van der Waals surface area contributed by atoms with Gasteiger partial charge in [0.1, 0.15) is 0 Å². The third-order valence-electron chi connectivity index (χ3n) is 16.4. The van der Waals surface area contributed by atoms with Crippen LogP contribution in [0.4, 0.5) is 0 Å². The summed E-state index contributed by atoms with van der Waals surface area (Å²) in [6.45, 7) is 24.5. The molecule has 15 rings (SSSR count). The first-order valence-corrected chi connectivity index (χ1v) is 31.2. The van der Waals surface area contributed by atoms with Crippen molar-refractivity contribution in [2.75, 3.05) is 0 Å². The van der Waals surface area contributed by atoms with Crippen molar-refractivity contribution in [1.29, 1.82) is 0 Å². The summed E-state index contributed by atoms with van der Waals surface area (Å²) in [4.78, 5) is 0. The Bertz CT molecular complexity index is 4650. The highest BCUT2D eigenvalue weighted by Gasteiger charge is 2.10. The molecule has 0 fully saturated rings. The second kappa shape index (κ2) is 27.7. The molecular formula is C86H84. The first kappa shape index (κ1) is 60.0. The van der Waals surface area contributed by atoms with Crippen molar-refractivity contribution >= 4 is 108 Å². The van der Waals surface area contributed by atoms with Crippen molar-refractivity contribution in [3.8, 4) is 0 Å². The van der Waals surface area contributed by atoms with E-state index in [0.29, 0.717) is 23.7 Å². The highest BCUT2D eigenvalue weighted by Crippen LogP contribution is 2.35. The molecule has 0 aliphatic rings. The van der Waals surface area contributed by atoms with Gasteiger partial charge in [-0.1, -0.05) is 355 Å². The first-order valence-electron chi connectivity index (χ1n) is 31.2. The molecule has 0 heterocycles. The summed E-state index contributed by atoms with van der Waals surface area (Å²) < 4.78 is 0. The van der Waals surface area contributed by atoms with E-state index < -0.39 is 0 Å². The van der Waals surface area contributed by atoms with Crippen LogP contribution in [0.2, 0.25) is 0 Å². The number of rotatable bonds is 4. The quantitative estimate of drug-likeness (QED) is 0.154. The molecule has 0 bridgehead atoms. The van der Waals surface area contributed by atoms with Gasteiger partial charge in [-0.3, -0.25) is 0 Å². The van der Waals surface area contributed by atoms with Crippen LogP contribution in [-0.2, 0) is 0 Å². The van der Waals surface area contributed by atoms with Gasteiger partial charge in [-0.15, -0.1) is 0 Å². The zero-order valence-corrected chi connectivity index (χ0v) is 52.4. The fraction of sp³-hybridized carbons (Fsp3) is 0.186. The van der Waals surface area contributed by atoms with Crippen LogP contribution in [0, 0.1) is 5.92 Å². The molecule has 15 aromatic rings. The van der Waals surface area contributed by atoms with Crippen molar-refractivity contribution < 1.29 is 0 Å². The monoisotopic (exact) mass is 1120 g/mol. The number of hydrogen-bond acceptors (Lipinski definition) is 0. The Morgan fingerprint density at radius 1 is 0.174 bits per heavy atom. The summed E-state index contributed by atoms with van der Waals surface area (Å²) >= 11 is 0.